The maximum Gasteiger partial charge on any atom is 0.123 e. The fourth-order valence-electron chi connectivity index (χ4n) is 1.74. The monoisotopic (exact) mass is 221 g/mol. The number of rotatable bonds is 6. The normalized spacial score (nSPS) is 15.6. The summed E-state index contributed by atoms with van der Waals surface area (Å²) in [7, 11) is 1.66. The zero-order valence-corrected chi connectivity index (χ0v) is 9.74. The molecule has 88 valence electrons. The van der Waals surface area contributed by atoms with Crippen LogP contribution in [0.3, 0.4) is 0 Å². The summed E-state index contributed by atoms with van der Waals surface area (Å²) in [6.45, 7) is 1.63. The smallest absolute Gasteiger partial charge is 0.123 e. The van der Waals surface area contributed by atoms with Crippen LogP contribution in [0.2, 0.25) is 0 Å². The average Bonchev–Trinajstić information content (AvgIpc) is 2.27. The van der Waals surface area contributed by atoms with E-state index < -0.39 is 0 Å². The first kappa shape index (κ1) is 11.3. The van der Waals surface area contributed by atoms with Crippen molar-refractivity contribution in [3.63, 3.8) is 0 Å². The summed E-state index contributed by atoms with van der Waals surface area (Å²) in [5.74, 6) is 1.71. The summed E-state index contributed by atoms with van der Waals surface area (Å²) in [5.41, 5.74) is 0. The molecule has 0 spiro atoms. The van der Waals surface area contributed by atoms with Gasteiger partial charge in [-0.3, -0.25) is 0 Å². The van der Waals surface area contributed by atoms with Gasteiger partial charge in [-0.1, -0.05) is 12.5 Å². The Hall–Kier alpha value is -1.22. The maximum absolute atomic E-state index is 5.62. The van der Waals surface area contributed by atoms with Crippen molar-refractivity contribution in [1.82, 2.24) is 5.32 Å². The van der Waals surface area contributed by atoms with E-state index in [1.807, 2.05) is 24.3 Å². The van der Waals surface area contributed by atoms with Gasteiger partial charge in [0, 0.05) is 18.7 Å². The van der Waals surface area contributed by atoms with Gasteiger partial charge in [0.15, 0.2) is 0 Å². The van der Waals surface area contributed by atoms with Crippen LogP contribution in [0.25, 0.3) is 0 Å². The van der Waals surface area contributed by atoms with E-state index in [0.717, 1.165) is 24.1 Å². The van der Waals surface area contributed by atoms with Gasteiger partial charge in [-0.25, -0.2) is 0 Å². The van der Waals surface area contributed by atoms with E-state index in [9.17, 15) is 0 Å². The maximum atomic E-state index is 5.62. The van der Waals surface area contributed by atoms with Crippen molar-refractivity contribution in [3.8, 4) is 11.5 Å². The van der Waals surface area contributed by atoms with E-state index in [-0.39, 0.29) is 0 Å². The molecular formula is C13H19NO2. The molecule has 1 N–H and O–H groups in total. The molecule has 1 fully saturated rings. The van der Waals surface area contributed by atoms with E-state index in [4.69, 9.17) is 9.47 Å². The minimum absolute atomic E-state index is 0.712. The number of hydrogen-bond acceptors (Lipinski definition) is 3. The van der Waals surface area contributed by atoms with Gasteiger partial charge in [0.1, 0.15) is 18.1 Å². The van der Waals surface area contributed by atoms with E-state index >= 15 is 0 Å². The first-order chi connectivity index (χ1) is 7.88. The predicted molar refractivity (Wildman–Crippen MR) is 64.1 cm³/mol. The van der Waals surface area contributed by atoms with Crippen molar-refractivity contribution in [3.05, 3.63) is 24.3 Å². The van der Waals surface area contributed by atoms with Gasteiger partial charge in [0.25, 0.3) is 0 Å². The number of ether oxygens (including phenoxy) is 2. The van der Waals surface area contributed by atoms with Crippen LogP contribution < -0.4 is 14.8 Å². The SMILES string of the molecule is COc1cccc(OCCNC2CCC2)c1. The lowest BCUT2D eigenvalue weighted by Gasteiger charge is -2.26. The highest BCUT2D eigenvalue weighted by atomic mass is 16.5. The highest BCUT2D eigenvalue weighted by molar-refractivity contribution is 5.32. The molecule has 0 radical (unpaired) electrons. The first-order valence-corrected chi connectivity index (χ1v) is 5.89. The standard InChI is InChI=1S/C13H19NO2/c1-15-12-6-3-7-13(10-12)16-9-8-14-11-4-2-5-11/h3,6-7,10-11,14H,2,4-5,8-9H2,1H3. The van der Waals surface area contributed by atoms with Crippen LogP contribution in [0.15, 0.2) is 24.3 Å². The Kier molecular flexibility index (Phi) is 4.05. The molecule has 0 saturated heterocycles. The molecule has 1 aliphatic rings. The number of methoxy groups -OCH3 is 1. The van der Waals surface area contributed by atoms with Gasteiger partial charge < -0.3 is 14.8 Å². The molecule has 3 nitrogen and oxygen atoms in total. The van der Waals surface area contributed by atoms with E-state index in [2.05, 4.69) is 5.32 Å². The summed E-state index contributed by atoms with van der Waals surface area (Å²) in [6.07, 6.45) is 4.01. The van der Waals surface area contributed by atoms with E-state index in [1.54, 1.807) is 7.11 Å². The molecule has 2 rings (SSSR count). The van der Waals surface area contributed by atoms with Crippen molar-refractivity contribution in [2.24, 2.45) is 0 Å². The number of benzene rings is 1. The Morgan fingerprint density at radius 2 is 2.12 bits per heavy atom. The zero-order valence-electron chi connectivity index (χ0n) is 9.74. The third-order valence-electron chi connectivity index (χ3n) is 2.95. The fourth-order valence-corrected chi connectivity index (χ4v) is 1.74. The van der Waals surface area contributed by atoms with Crippen molar-refractivity contribution in [2.45, 2.75) is 25.3 Å². The third-order valence-corrected chi connectivity index (χ3v) is 2.95. The Morgan fingerprint density at radius 3 is 2.81 bits per heavy atom. The summed E-state index contributed by atoms with van der Waals surface area (Å²) in [5, 5.41) is 3.46. The van der Waals surface area contributed by atoms with Crippen LogP contribution in [0.1, 0.15) is 19.3 Å². The van der Waals surface area contributed by atoms with Crippen molar-refractivity contribution in [2.75, 3.05) is 20.3 Å². The number of hydrogen-bond donors (Lipinski definition) is 1. The molecule has 1 aromatic rings. The van der Waals surface area contributed by atoms with Crippen LogP contribution in [-0.4, -0.2) is 26.3 Å². The molecule has 0 aliphatic heterocycles. The molecule has 0 amide bonds. The Labute approximate surface area is 96.8 Å². The van der Waals surface area contributed by atoms with Crippen LogP contribution in [0.4, 0.5) is 0 Å². The molecule has 1 saturated carbocycles. The van der Waals surface area contributed by atoms with Crippen LogP contribution in [0, 0.1) is 0 Å². The van der Waals surface area contributed by atoms with Gasteiger partial charge >= 0.3 is 0 Å². The molecule has 0 unspecified atom stereocenters. The van der Waals surface area contributed by atoms with Gasteiger partial charge in [-0.2, -0.15) is 0 Å². The molecule has 3 heteroatoms. The van der Waals surface area contributed by atoms with Crippen molar-refractivity contribution in [1.29, 1.82) is 0 Å². The lowest BCUT2D eigenvalue weighted by molar-refractivity contribution is 0.275. The Balaban J connectivity index is 1.67. The second-order valence-corrected chi connectivity index (χ2v) is 4.11. The van der Waals surface area contributed by atoms with Gasteiger partial charge in [0.05, 0.1) is 7.11 Å². The van der Waals surface area contributed by atoms with E-state index in [1.165, 1.54) is 19.3 Å². The van der Waals surface area contributed by atoms with Crippen molar-refractivity contribution < 1.29 is 9.47 Å². The summed E-state index contributed by atoms with van der Waals surface area (Å²) < 4.78 is 10.8. The van der Waals surface area contributed by atoms with Gasteiger partial charge in [0.2, 0.25) is 0 Å². The molecular weight excluding hydrogens is 202 g/mol. The summed E-state index contributed by atoms with van der Waals surface area (Å²) >= 11 is 0. The zero-order chi connectivity index (χ0) is 11.2. The van der Waals surface area contributed by atoms with Crippen molar-refractivity contribution >= 4 is 0 Å². The topological polar surface area (TPSA) is 30.5 Å². The molecule has 0 atom stereocenters. The number of nitrogens with one attached hydrogen (secondary N) is 1. The van der Waals surface area contributed by atoms with Gasteiger partial charge in [-0.15, -0.1) is 0 Å². The predicted octanol–water partition coefficient (Wildman–Crippen LogP) is 2.22. The second kappa shape index (κ2) is 5.75. The highest BCUT2D eigenvalue weighted by Crippen LogP contribution is 2.19. The minimum atomic E-state index is 0.712. The summed E-state index contributed by atoms with van der Waals surface area (Å²) in [6, 6.07) is 8.44. The Morgan fingerprint density at radius 1 is 1.31 bits per heavy atom. The average molecular weight is 221 g/mol. The molecule has 1 aromatic carbocycles. The Bertz CT molecular complexity index is 323. The first-order valence-electron chi connectivity index (χ1n) is 5.89. The fraction of sp³-hybridized carbons (Fsp3) is 0.538. The van der Waals surface area contributed by atoms with E-state index in [0.29, 0.717) is 6.61 Å². The quantitative estimate of drug-likeness (QED) is 0.747. The van der Waals surface area contributed by atoms with Crippen LogP contribution in [0.5, 0.6) is 11.5 Å². The molecule has 0 aromatic heterocycles. The largest absolute Gasteiger partial charge is 0.497 e. The molecule has 1 aliphatic carbocycles. The second-order valence-electron chi connectivity index (χ2n) is 4.11. The highest BCUT2D eigenvalue weighted by Gasteiger charge is 2.15. The molecule has 16 heavy (non-hydrogen) atoms. The third kappa shape index (κ3) is 3.14. The molecule has 0 heterocycles. The van der Waals surface area contributed by atoms with Crippen LogP contribution >= 0.6 is 0 Å². The van der Waals surface area contributed by atoms with Gasteiger partial charge in [-0.05, 0) is 25.0 Å². The van der Waals surface area contributed by atoms with Crippen LogP contribution in [-0.2, 0) is 0 Å². The lowest BCUT2D eigenvalue weighted by Crippen LogP contribution is -2.37. The lowest BCUT2D eigenvalue weighted by atomic mass is 9.93. The minimum Gasteiger partial charge on any atom is -0.497 e. The summed E-state index contributed by atoms with van der Waals surface area (Å²) in [4.78, 5) is 0. The molecule has 0 bridgehead atoms.